The fraction of sp³-hybridized carbons (Fsp3) is 0.920. The van der Waals surface area contributed by atoms with E-state index in [-0.39, 0.29) is 11.5 Å². The predicted octanol–water partition coefficient (Wildman–Crippen LogP) is 3.05. The number of aliphatic hydroxyl groups is 2. The minimum absolute atomic E-state index is 0.0860. The Kier molecular flexibility index (Phi) is 4.94. The van der Waals surface area contributed by atoms with E-state index in [1.807, 2.05) is 13.8 Å². The maximum atomic E-state index is 12.7. The zero-order valence-electron chi connectivity index (χ0n) is 19.6. The molecule has 5 fully saturated rings. The predicted molar refractivity (Wildman–Crippen MR) is 119 cm³/mol. The number of fused-ring (bicyclic) bond motifs is 5. The molecular weight excluding hydrogens is 392 g/mol. The minimum Gasteiger partial charge on any atom is -0.391 e. The van der Waals surface area contributed by atoms with Crippen LogP contribution in [0.25, 0.3) is 0 Å². The van der Waals surface area contributed by atoms with Crippen molar-refractivity contribution in [2.45, 2.75) is 96.9 Å². The second kappa shape index (κ2) is 7.01. The van der Waals surface area contributed by atoms with Crippen LogP contribution in [0.3, 0.4) is 0 Å². The van der Waals surface area contributed by atoms with Crippen LogP contribution in [-0.2, 0) is 9.63 Å². The molecule has 2 unspecified atom stereocenters. The number of nitrogens with zero attached hydrogens (tertiary/aromatic N) is 1. The maximum Gasteiger partial charge on any atom is 0.141 e. The number of rotatable bonds is 2. The van der Waals surface area contributed by atoms with Gasteiger partial charge in [-0.1, -0.05) is 32.9 Å². The van der Waals surface area contributed by atoms with Crippen molar-refractivity contribution in [3.8, 4) is 0 Å². The normalized spacial score (nSPS) is 52.5. The summed E-state index contributed by atoms with van der Waals surface area (Å²) in [7, 11) is 0. The summed E-state index contributed by atoms with van der Waals surface area (Å²) in [5.74, 6) is 1.38. The fourth-order valence-corrected chi connectivity index (χ4v) is 8.70. The van der Waals surface area contributed by atoms with Crippen LogP contribution in [0.2, 0.25) is 0 Å². The maximum absolute atomic E-state index is 12.7. The Labute approximate surface area is 186 Å². The second-order valence-electron chi connectivity index (χ2n) is 12.1. The molecule has 1 heterocycles. The Morgan fingerprint density at radius 3 is 2.55 bits per heavy atom. The molecule has 174 valence electrons. The number of carbonyl (C=O) groups is 1. The zero-order chi connectivity index (χ0) is 22.2. The highest BCUT2D eigenvalue weighted by atomic mass is 16.6. The molecular formula is C25H40N2O4. The second-order valence-corrected chi connectivity index (χ2v) is 12.1. The molecule has 4 saturated carbocycles. The molecule has 5 rings (SSSR count). The molecule has 4 aliphatic carbocycles. The van der Waals surface area contributed by atoms with Gasteiger partial charge < -0.3 is 20.4 Å². The summed E-state index contributed by atoms with van der Waals surface area (Å²) in [4.78, 5) is 18.5. The van der Waals surface area contributed by atoms with Crippen LogP contribution in [0.5, 0.6) is 0 Å². The summed E-state index contributed by atoms with van der Waals surface area (Å²) >= 11 is 0. The highest BCUT2D eigenvalue weighted by molar-refractivity contribution is 5.92. The van der Waals surface area contributed by atoms with E-state index in [4.69, 9.17) is 4.84 Å². The largest absolute Gasteiger partial charge is 0.391 e. The van der Waals surface area contributed by atoms with E-state index in [1.54, 1.807) is 0 Å². The first-order chi connectivity index (χ1) is 14.6. The fourth-order valence-electron chi connectivity index (χ4n) is 8.70. The number of ketones is 1. The van der Waals surface area contributed by atoms with E-state index >= 15 is 0 Å². The first kappa shape index (κ1) is 21.8. The highest BCUT2D eigenvalue weighted by Crippen LogP contribution is 2.69. The average Bonchev–Trinajstić information content (AvgIpc) is 3.33. The summed E-state index contributed by atoms with van der Waals surface area (Å²) in [6.45, 7) is 10.2. The Balaban J connectivity index is 1.47. The molecule has 3 N–H and O–H groups in total. The van der Waals surface area contributed by atoms with Gasteiger partial charge in [-0.15, -0.1) is 0 Å². The van der Waals surface area contributed by atoms with Gasteiger partial charge in [0.25, 0.3) is 0 Å². The Morgan fingerprint density at radius 1 is 1.06 bits per heavy atom. The molecule has 6 nitrogen and oxygen atoms in total. The average molecular weight is 433 g/mol. The van der Waals surface area contributed by atoms with Gasteiger partial charge in [0.2, 0.25) is 0 Å². The minimum atomic E-state index is -1.26. The molecule has 31 heavy (non-hydrogen) atoms. The number of oxime groups is 1. The Hall–Kier alpha value is -0.980. The van der Waals surface area contributed by atoms with Crippen LogP contribution < -0.4 is 5.32 Å². The van der Waals surface area contributed by atoms with E-state index in [9.17, 15) is 15.0 Å². The molecule has 0 spiro atoms. The summed E-state index contributed by atoms with van der Waals surface area (Å²) in [6, 6.07) is 0. The summed E-state index contributed by atoms with van der Waals surface area (Å²) in [5.41, 5.74) is -1.70. The molecule has 0 aromatic rings. The number of hydrogen-bond acceptors (Lipinski definition) is 6. The van der Waals surface area contributed by atoms with E-state index in [2.05, 4.69) is 24.3 Å². The molecule has 1 saturated heterocycles. The quantitative estimate of drug-likeness (QED) is 0.584. The van der Waals surface area contributed by atoms with Crippen molar-refractivity contribution in [3.05, 3.63) is 0 Å². The van der Waals surface area contributed by atoms with Crippen molar-refractivity contribution in [3.63, 3.8) is 0 Å². The van der Waals surface area contributed by atoms with E-state index in [0.29, 0.717) is 36.4 Å². The number of carbonyl (C=O) groups excluding carboxylic acids is 1. The van der Waals surface area contributed by atoms with E-state index in [0.717, 1.165) is 57.3 Å². The van der Waals surface area contributed by atoms with Crippen molar-refractivity contribution in [2.75, 3.05) is 13.1 Å². The van der Waals surface area contributed by atoms with Crippen molar-refractivity contribution in [1.29, 1.82) is 0 Å². The van der Waals surface area contributed by atoms with Gasteiger partial charge >= 0.3 is 0 Å². The van der Waals surface area contributed by atoms with Gasteiger partial charge in [-0.25, -0.2) is 0 Å². The number of hydrogen-bond donors (Lipinski definition) is 3. The van der Waals surface area contributed by atoms with E-state index in [1.165, 1.54) is 0 Å². The molecule has 0 aromatic carbocycles. The first-order valence-corrected chi connectivity index (χ1v) is 12.4. The van der Waals surface area contributed by atoms with Gasteiger partial charge in [-0.2, -0.15) is 0 Å². The molecule has 8 atom stereocenters. The van der Waals surface area contributed by atoms with E-state index < -0.39 is 22.5 Å². The molecule has 0 aromatic heterocycles. The van der Waals surface area contributed by atoms with Gasteiger partial charge in [0.15, 0.2) is 0 Å². The Morgan fingerprint density at radius 2 is 1.84 bits per heavy atom. The van der Waals surface area contributed by atoms with Gasteiger partial charge in [0.05, 0.1) is 11.8 Å². The van der Waals surface area contributed by atoms with Crippen LogP contribution in [-0.4, -0.2) is 52.6 Å². The highest BCUT2D eigenvalue weighted by Gasteiger charge is 2.72. The Bertz CT molecular complexity index is 790. The summed E-state index contributed by atoms with van der Waals surface area (Å²) < 4.78 is 0. The van der Waals surface area contributed by atoms with Crippen molar-refractivity contribution >= 4 is 11.5 Å². The third kappa shape index (κ3) is 2.73. The zero-order valence-corrected chi connectivity index (χ0v) is 19.6. The summed E-state index contributed by atoms with van der Waals surface area (Å²) in [6.07, 6.45) is 5.86. The van der Waals surface area contributed by atoms with Crippen molar-refractivity contribution in [2.24, 2.45) is 39.2 Å². The van der Waals surface area contributed by atoms with Gasteiger partial charge in [0, 0.05) is 35.6 Å². The van der Waals surface area contributed by atoms with Crippen LogP contribution in [0, 0.1) is 34.0 Å². The SMILES string of the molecule is CC1(C)/C(=N/O[C@@H]2CCNC2)CC[C@]2(C)[C@@H]3CC[C@]4(C)C(=O)CC[C@H]4[C@@H]3CC(O)C12O. The lowest BCUT2D eigenvalue weighted by molar-refractivity contribution is -0.273. The summed E-state index contributed by atoms with van der Waals surface area (Å²) in [5, 5.41) is 31.7. The molecule has 0 radical (unpaired) electrons. The molecule has 0 amide bonds. The molecule has 6 heteroatoms. The molecule has 5 aliphatic rings. The van der Waals surface area contributed by atoms with Gasteiger partial charge in [0.1, 0.15) is 17.5 Å². The number of Topliss-reactive ketones (excluding diaryl/α,β-unsaturated/α-hetero) is 1. The smallest absolute Gasteiger partial charge is 0.141 e. The third-order valence-corrected chi connectivity index (χ3v) is 10.7. The van der Waals surface area contributed by atoms with Crippen molar-refractivity contribution in [1.82, 2.24) is 5.32 Å². The number of aliphatic hydroxyl groups excluding tert-OH is 1. The van der Waals surface area contributed by atoms with Crippen LogP contribution in [0.1, 0.15) is 79.1 Å². The standard InChI is InChI=1S/C25H40N2O4/c1-22(2)19(27-31-15-9-12-26-14-15)8-11-24(4)18-7-10-23(3)17(5-6-20(23)28)16(18)13-21(29)25(22,24)30/h15-18,21,26,29-30H,5-14H2,1-4H3/b27-19+/t15-,16+,17+,18-,21?,23+,24-,25?/m1/s1. The topological polar surface area (TPSA) is 91.2 Å². The lowest BCUT2D eigenvalue weighted by Crippen LogP contribution is -2.74. The van der Waals surface area contributed by atoms with Gasteiger partial charge in [-0.3, -0.25) is 4.79 Å². The number of nitrogens with one attached hydrogen (secondary N) is 1. The van der Waals surface area contributed by atoms with Crippen LogP contribution >= 0.6 is 0 Å². The lowest BCUT2D eigenvalue weighted by Gasteiger charge is -2.68. The molecule has 0 bridgehead atoms. The van der Waals surface area contributed by atoms with Crippen LogP contribution in [0.4, 0.5) is 0 Å². The van der Waals surface area contributed by atoms with Crippen LogP contribution in [0.15, 0.2) is 5.16 Å². The monoisotopic (exact) mass is 432 g/mol. The lowest BCUT2D eigenvalue weighted by atomic mass is 9.38. The first-order valence-electron chi connectivity index (χ1n) is 12.4. The third-order valence-electron chi connectivity index (χ3n) is 10.7. The van der Waals surface area contributed by atoms with Gasteiger partial charge in [-0.05, 0) is 62.8 Å². The molecule has 1 aliphatic heterocycles. The van der Waals surface area contributed by atoms with Crippen molar-refractivity contribution < 1.29 is 19.8 Å².